The van der Waals surface area contributed by atoms with E-state index in [2.05, 4.69) is 10.4 Å². The van der Waals surface area contributed by atoms with Crippen molar-refractivity contribution in [3.63, 3.8) is 0 Å². The highest BCUT2D eigenvalue weighted by atomic mass is 32.1. The molecule has 0 aliphatic carbocycles. The van der Waals surface area contributed by atoms with Gasteiger partial charge in [-0.2, -0.15) is 4.37 Å². The highest BCUT2D eigenvalue weighted by Gasteiger charge is 2.06. The zero-order valence-electron chi connectivity index (χ0n) is 7.73. The number of aromatic nitrogens is 1. The van der Waals surface area contributed by atoms with Crippen molar-refractivity contribution in [2.75, 3.05) is 0 Å². The van der Waals surface area contributed by atoms with Crippen molar-refractivity contribution in [3.05, 3.63) is 41.6 Å². The van der Waals surface area contributed by atoms with Crippen LogP contribution < -0.4 is 0 Å². The molecule has 1 aromatic carbocycles. The van der Waals surface area contributed by atoms with E-state index >= 15 is 0 Å². The summed E-state index contributed by atoms with van der Waals surface area (Å²) in [4.78, 5) is 11.7. The molecule has 0 saturated heterocycles. The number of aldehydes is 1. The molecule has 2 rings (SSSR count). The Kier molecular flexibility index (Phi) is 2.41. The van der Waals surface area contributed by atoms with Gasteiger partial charge in [0.25, 0.3) is 0 Å². The van der Waals surface area contributed by atoms with E-state index in [-0.39, 0.29) is 0 Å². The summed E-state index contributed by atoms with van der Waals surface area (Å²) < 4.78 is 4.01. The molecule has 2 aromatic rings. The summed E-state index contributed by atoms with van der Waals surface area (Å²) in [6.07, 6.45) is 2.45. The second kappa shape index (κ2) is 3.72. The number of aryl methyl sites for hydroxylation is 1. The van der Waals surface area contributed by atoms with Crippen molar-refractivity contribution in [3.8, 4) is 10.4 Å². The maximum atomic E-state index is 10.7. The normalized spacial score (nSPS) is 10.1. The average molecular weight is 203 g/mol. The van der Waals surface area contributed by atoms with Gasteiger partial charge in [-0.25, -0.2) is 0 Å². The molecule has 70 valence electrons. The fourth-order valence-electron chi connectivity index (χ4n) is 1.34. The van der Waals surface area contributed by atoms with Gasteiger partial charge in [0.05, 0.1) is 16.6 Å². The van der Waals surface area contributed by atoms with Crippen LogP contribution in [0.4, 0.5) is 0 Å². The van der Waals surface area contributed by atoms with Crippen LogP contribution in [-0.4, -0.2) is 10.7 Å². The van der Waals surface area contributed by atoms with E-state index < -0.39 is 0 Å². The molecule has 0 N–H and O–H groups in total. The topological polar surface area (TPSA) is 30.0 Å². The van der Waals surface area contributed by atoms with Crippen molar-refractivity contribution in [1.29, 1.82) is 0 Å². The quantitative estimate of drug-likeness (QED) is 0.702. The van der Waals surface area contributed by atoms with Gasteiger partial charge in [-0.05, 0) is 24.0 Å². The van der Waals surface area contributed by atoms with Gasteiger partial charge in [0.1, 0.15) is 0 Å². The lowest BCUT2D eigenvalue weighted by Gasteiger charge is -1.98. The Balaban J connectivity index is 2.54. The molecule has 1 aromatic heterocycles. The summed E-state index contributed by atoms with van der Waals surface area (Å²) >= 11 is 1.35. The molecule has 0 radical (unpaired) electrons. The van der Waals surface area contributed by atoms with Gasteiger partial charge in [-0.1, -0.05) is 29.8 Å². The van der Waals surface area contributed by atoms with Crippen LogP contribution in [0.25, 0.3) is 10.4 Å². The summed E-state index contributed by atoms with van der Waals surface area (Å²) in [5, 5.41) is 0. The summed E-state index contributed by atoms with van der Waals surface area (Å²) in [5.41, 5.74) is 2.92. The Hall–Kier alpha value is -1.48. The predicted molar refractivity (Wildman–Crippen MR) is 57.7 cm³/mol. The fourth-order valence-corrected chi connectivity index (χ4v) is 2.05. The first-order chi connectivity index (χ1) is 6.81. The number of hydrogen-bond donors (Lipinski definition) is 0. The third-order valence-corrected chi connectivity index (χ3v) is 2.87. The molecule has 3 heteroatoms. The van der Waals surface area contributed by atoms with Crippen LogP contribution in [0.2, 0.25) is 0 Å². The van der Waals surface area contributed by atoms with Crippen molar-refractivity contribution in [1.82, 2.24) is 4.37 Å². The van der Waals surface area contributed by atoms with Crippen LogP contribution in [0.5, 0.6) is 0 Å². The maximum absolute atomic E-state index is 10.7. The molecule has 2 nitrogen and oxygen atoms in total. The lowest BCUT2D eigenvalue weighted by atomic mass is 10.1. The first-order valence-corrected chi connectivity index (χ1v) is 5.05. The molecule has 0 amide bonds. The highest BCUT2D eigenvalue weighted by molar-refractivity contribution is 7.10. The monoisotopic (exact) mass is 203 g/mol. The first-order valence-electron chi connectivity index (χ1n) is 4.28. The Morgan fingerprint density at radius 1 is 1.43 bits per heavy atom. The van der Waals surface area contributed by atoms with Crippen molar-refractivity contribution >= 4 is 17.8 Å². The Morgan fingerprint density at radius 3 is 3.00 bits per heavy atom. The molecule has 0 fully saturated rings. The molecule has 1 heterocycles. The first kappa shape index (κ1) is 9.09. The van der Waals surface area contributed by atoms with Crippen LogP contribution >= 0.6 is 11.5 Å². The molecule has 0 unspecified atom stereocenters. The zero-order valence-corrected chi connectivity index (χ0v) is 8.54. The second-order valence-corrected chi connectivity index (χ2v) is 3.90. The average Bonchev–Trinajstić information content (AvgIpc) is 2.65. The maximum Gasteiger partial charge on any atom is 0.153 e. The van der Waals surface area contributed by atoms with Gasteiger partial charge in [0.15, 0.2) is 6.29 Å². The SMILES string of the molecule is Cc1cccc(-c2sncc2C=O)c1. The summed E-state index contributed by atoms with van der Waals surface area (Å²) in [5.74, 6) is 0. The lowest BCUT2D eigenvalue weighted by Crippen LogP contribution is -1.80. The number of nitrogens with zero attached hydrogens (tertiary/aromatic N) is 1. The zero-order chi connectivity index (χ0) is 9.97. The molecular weight excluding hydrogens is 194 g/mol. The Morgan fingerprint density at radius 2 is 2.29 bits per heavy atom. The minimum Gasteiger partial charge on any atom is -0.298 e. The number of carbonyl (C=O) groups is 1. The molecule has 0 atom stereocenters. The van der Waals surface area contributed by atoms with Crippen molar-refractivity contribution in [2.45, 2.75) is 6.92 Å². The van der Waals surface area contributed by atoms with Gasteiger partial charge in [0.2, 0.25) is 0 Å². The van der Waals surface area contributed by atoms with Crippen molar-refractivity contribution in [2.24, 2.45) is 0 Å². The molecule has 0 aliphatic heterocycles. The van der Waals surface area contributed by atoms with Crippen LogP contribution in [0, 0.1) is 6.92 Å². The summed E-state index contributed by atoms with van der Waals surface area (Å²) in [6, 6.07) is 8.07. The van der Waals surface area contributed by atoms with E-state index in [4.69, 9.17) is 0 Å². The van der Waals surface area contributed by atoms with Crippen LogP contribution in [0.3, 0.4) is 0 Å². The number of hydrogen-bond acceptors (Lipinski definition) is 3. The minimum absolute atomic E-state index is 0.667. The summed E-state index contributed by atoms with van der Waals surface area (Å²) in [6.45, 7) is 2.03. The standard InChI is InChI=1S/C11H9NOS/c1-8-3-2-4-9(5-8)11-10(7-13)6-12-14-11/h2-7H,1H3. The van der Waals surface area contributed by atoms with E-state index in [9.17, 15) is 4.79 Å². The second-order valence-electron chi connectivity index (χ2n) is 3.10. The molecular formula is C11H9NOS. The fraction of sp³-hybridized carbons (Fsp3) is 0.0909. The van der Waals surface area contributed by atoms with E-state index in [1.807, 2.05) is 25.1 Å². The largest absolute Gasteiger partial charge is 0.298 e. The van der Waals surface area contributed by atoms with Gasteiger partial charge in [-0.15, -0.1) is 0 Å². The Labute approximate surface area is 86.4 Å². The van der Waals surface area contributed by atoms with E-state index in [1.165, 1.54) is 17.1 Å². The molecule has 0 spiro atoms. The molecule has 0 bridgehead atoms. The van der Waals surface area contributed by atoms with Crippen molar-refractivity contribution < 1.29 is 4.79 Å². The third kappa shape index (κ3) is 1.59. The van der Waals surface area contributed by atoms with Crippen LogP contribution in [0.1, 0.15) is 15.9 Å². The lowest BCUT2D eigenvalue weighted by molar-refractivity contribution is 0.112. The van der Waals surface area contributed by atoms with Gasteiger partial charge in [0, 0.05) is 0 Å². The molecule has 14 heavy (non-hydrogen) atoms. The van der Waals surface area contributed by atoms with Crippen LogP contribution in [-0.2, 0) is 0 Å². The minimum atomic E-state index is 0.667. The predicted octanol–water partition coefficient (Wildman–Crippen LogP) is 2.93. The number of benzene rings is 1. The summed E-state index contributed by atoms with van der Waals surface area (Å²) in [7, 11) is 0. The van der Waals surface area contributed by atoms with E-state index in [1.54, 1.807) is 6.20 Å². The highest BCUT2D eigenvalue weighted by Crippen LogP contribution is 2.26. The molecule has 0 saturated carbocycles. The van der Waals surface area contributed by atoms with E-state index in [0.717, 1.165) is 16.7 Å². The Bertz CT molecular complexity index is 462. The molecule has 0 aliphatic rings. The third-order valence-electron chi connectivity index (χ3n) is 2.01. The van der Waals surface area contributed by atoms with Gasteiger partial charge < -0.3 is 0 Å². The van der Waals surface area contributed by atoms with Crippen LogP contribution in [0.15, 0.2) is 30.5 Å². The van der Waals surface area contributed by atoms with Gasteiger partial charge in [-0.3, -0.25) is 4.79 Å². The van der Waals surface area contributed by atoms with Gasteiger partial charge >= 0.3 is 0 Å². The van der Waals surface area contributed by atoms with E-state index in [0.29, 0.717) is 5.56 Å². The number of rotatable bonds is 2. The number of carbonyl (C=O) groups excluding carboxylic acids is 1. The smallest absolute Gasteiger partial charge is 0.153 e.